The molecule has 4 nitrogen and oxygen atoms in total. The number of rotatable bonds is 8. The molecular weight excluding hydrogens is 252 g/mol. The smallest absolute Gasteiger partial charge is 0.227 e. The Hall–Kier alpha value is -1.71. The zero-order valence-corrected chi connectivity index (χ0v) is 12.6. The molecule has 1 aromatic rings. The molecule has 0 saturated heterocycles. The van der Waals surface area contributed by atoms with Crippen LogP contribution in [0.5, 0.6) is 5.75 Å². The zero-order chi connectivity index (χ0) is 15.0. The molecule has 0 saturated carbocycles. The van der Waals surface area contributed by atoms with Crippen LogP contribution in [0.3, 0.4) is 0 Å². The topological polar surface area (TPSA) is 66.6 Å². The van der Waals surface area contributed by atoms with Gasteiger partial charge in [0, 0.05) is 18.8 Å². The van der Waals surface area contributed by atoms with Gasteiger partial charge in [0.1, 0.15) is 5.75 Å². The summed E-state index contributed by atoms with van der Waals surface area (Å²) in [5.41, 5.74) is 7.12. The maximum atomic E-state index is 12.4. The van der Waals surface area contributed by atoms with Crippen LogP contribution in [0.2, 0.25) is 0 Å². The van der Waals surface area contributed by atoms with Crippen LogP contribution in [0.1, 0.15) is 45.1 Å². The molecule has 0 fully saturated rings. The molecule has 1 aromatic carbocycles. The normalized spacial score (nSPS) is 10.5. The minimum atomic E-state index is 0.0872. The molecule has 0 radical (unpaired) electrons. The fraction of sp³-hybridized carbons (Fsp3) is 0.562. The Balaban J connectivity index is 2.70. The molecule has 1 rings (SSSR count). The summed E-state index contributed by atoms with van der Waals surface area (Å²) in [5.74, 6) is 0.236. The van der Waals surface area contributed by atoms with E-state index in [2.05, 4.69) is 13.8 Å². The summed E-state index contributed by atoms with van der Waals surface area (Å²) in [6, 6.07) is 4.75. The lowest BCUT2D eigenvalue weighted by Gasteiger charge is -2.23. The molecular formula is C16H26N2O2. The van der Waals surface area contributed by atoms with Crippen molar-refractivity contribution in [3.05, 3.63) is 23.8 Å². The van der Waals surface area contributed by atoms with Crippen molar-refractivity contribution in [1.82, 2.24) is 4.90 Å². The molecule has 0 unspecified atom stereocenters. The van der Waals surface area contributed by atoms with Gasteiger partial charge in [0.2, 0.25) is 5.91 Å². The molecule has 0 aliphatic heterocycles. The van der Waals surface area contributed by atoms with E-state index in [9.17, 15) is 9.90 Å². The van der Waals surface area contributed by atoms with Crippen LogP contribution in [-0.4, -0.2) is 29.0 Å². The first-order chi connectivity index (χ1) is 9.58. The Kier molecular flexibility index (Phi) is 6.91. The van der Waals surface area contributed by atoms with Crippen molar-refractivity contribution in [1.29, 1.82) is 0 Å². The van der Waals surface area contributed by atoms with Crippen LogP contribution in [0.25, 0.3) is 0 Å². The van der Waals surface area contributed by atoms with Crippen LogP contribution < -0.4 is 5.73 Å². The number of phenols is 1. The second-order valence-corrected chi connectivity index (χ2v) is 5.15. The molecule has 0 aliphatic rings. The number of benzene rings is 1. The van der Waals surface area contributed by atoms with Crippen LogP contribution in [0.4, 0.5) is 5.69 Å². The summed E-state index contributed by atoms with van der Waals surface area (Å²) in [6.45, 7) is 5.84. The van der Waals surface area contributed by atoms with E-state index in [1.54, 1.807) is 12.1 Å². The Labute approximate surface area is 121 Å². The highest BCUT2D eigenvalue weighted by Crippen LogP contribution is 2.19. The highest BCUT2D eigenvalue weighted by Gasteiger charge is 2.14. The van der Waals surface area contributed by atoms with Gasteiger partial charge in [-0.25, -0.2) is 0 Å². The summed E-state index contributed by atoms with van der Waals surface area (Å²) in [7, 11) is 0. The number of unbranched alkanes of at least 4 members (excludes halogenated alkanes) is 2. The minimum Gasteiger partial charge on any atom is -0.508 e. The van der Waals surface area contributed by atoms with Crippen LogP contribution >= 0.6 is 0 Å². The third kappa shape index (κ3) is 5.11. The lowest BCUT2D eigenvalue weighted by molar-refractivity contribution is -0.130. The van der Waals surface area contributed by atoms with Gasteiger partial charge in [0.15, 0.2) is 0 Å². The molecule has 0 heterocycles. The first kappa shape index (κ1) is 16.3. The molecule has 20 heavy (non-hydrogen) atoms. The third-order valence-electron chi connectivity index (χ3n) is 3.38. The standard InChI is InChI=1S/C16H26N2O2/c1-3-5-9-18(10-6-4-2)16(20)12-13-11-14(19)7-8-15(13)17/h7-8,11,19H,3-6,9-10,12,17H2,1-2H3. The van der Waals surface area contributed by atoms with Crippen molar-refractivity contribution >= 4 is 11.6 Å². The molecule has 112 valence electrons. The number of nitrogens with zero attached hydrogens (tertiary/aromatic N) is 1. The van der Waals surface area contributed by atoms with Gasteiger partial charge in [-0.15, -0.1) is 0 Å². The summed E-state index contributed by atoms with van der Waals surface area (Å²) in [6.07, 6.45) is 4.44. The van der Waals surface area contributed by atoms with Gasteiger partial charge in [-0.1, -0.05) is 26.7 Å². The van der Waals surface area contributed by atoms with Gasteiger partial charge in [0.05, 0.1) is 6.42 Å². The molecule has 4 heteroatoms. The van der Waals surface area contributed by atoms with Crippen molar-refractivity contribution in [3.63, 3.8) is 0 Å². The number of hydrogen-bond donors (Lipinski definition) is 2. The number of nitrogen functional groups attached to an aromatic ring is 1. The first-order valence-electron chi connectivity index (χ1n) is 7.43. The SMILES string of the molecule is CCCCN(CCCC)C(=O)Cc1cc(O)ccc1N. The van der Waals surface area contributed by atoms with E-state index in [1.807, 2.05) is 4.90 Å². The molecule has 0 atom stereocenters. The van der Waals surface area contributed by atoms with Crippen LogP contribution in [0.15, 0.2) is 18.2 Å². The van der Waals surface area contributed by atoms with Gasteiger partial charge >= 0.3 is 0 Å². The van der Waals surface area contributed by atoms with Crippen LogP contribution in [-0.2, 0) is 11.2 Å². The molecule has 0 bridgehead atoms. The number of hydrogen-bond acceptors (Lipinski definition) is 3. The Bertz CT molecular complexity index is 424. The number of nitrogens with two attached hydrogens (primary N) is 1. The minimum absolute atomic E-state index is 0.0872. The summed E-state index contributed by atoms with van der Waals surface area (Å²) >= 11 is 0. The van der Waals surface area contributed by atoms with E-state index in [1.165, 1.54) is 6.07 Å². The lowest BCUT2D eigenvalue weighted by Crippen LogP contribution is -2.34. The van der Waals surface area contributed by atoms with Crippen molar-refractivity contribution in [2.45, 2.75) is 46.0 Å². The zero-order valence-electron chi connectivity index (χ0n) is 12.6. The summed E-state index contributed by atoms with van der Waals surface area (Å²) < 4.78 is 0. The van der Waals surface area contributed by atoms with E-state index in [4.69, 9.17) is 5.73 Å². The highest BCUT2D eigenvalue weighted by atomic mass is 16.3. The second kappa shape index (κ2) is 8.46. The number of carbonyl (C=O) groups is 1. The fourth-order valence-corrected chi connectivity index (χ4v) is 2.08. The number of carbonyl (C=O) groups excluding carboxylic acids is 1. The average molecular weight is 278 g/mol. The van der Waals surface area contributed by atoms with E-state index >= 15 is 0 Å². The predicted molar refractivity (Wildman–Crippen MR) is 82.6 cm³/mol. The molecule has 0 spiro atoms. The average Bonchev–Trinajstić information content (AvgIpc) is 2.43. The van der Waals surface area contributed by atoms with Gasteiger partial charge in [-0.2, -0.15) is 0 Å². The number of anilines is 1. The van der Waals surface area contributed by atoms with Gasteiger partial charge < -0.3 is 15.7 Å². The molecule has 0 aromatic heterocycles. The number of aromatic hydroxyl groups is 1. The summed E-state index contributed by atoms with van der Waals surface area (Å²) in [4.78, 5) is 14.3. The monoisotopic (exact) mass is 278 g/mol. The quantitative estimate of drug-likeness (QED) is 0.567. The van der Waals surface area contributed by atoms with Gasteiger partial charge in [-0.3, -0.25) is 4.79 Å². The fourth-order valence-electron chi connectivity index (χ4n) is 2.08. The van der Waals surface area contributed by atoms with Gasteiger partial charge in [0.25, 0.3) is 0 Å². The van der Waals surface area contributed by atoms with Gasteiger partial charge in [-0.05, 0) is 36.6 Å². The van der Waals surface area contributed by atoms with E-state index in [0.717, 1.165) is 38.8 Å². The van der Waals surface area contributed by atoms with E-state index in [-0.39, 0.29) is 18.1 Å². The van der Waals surface area contributed by atoms with E-state index < -0.39 is 0 Å². The third-order valence-corrected chi connectivity index (χ3v) is 3.38. The molecule has 0 aliphatic carbocycles. The second-order valence-electron chi connectivity index (χ2n) is 5.15. The summed E-state index contributed by atoms with van der Waals surface area (Å²) in [5, 5.41) is 9.49. The maximum Gasteiger partial charge on any atom is 0.227 e. The van der Waals surface area contributed by atoms with Crippen LogP contribution in [0, 0.1) is 0 Å². The maximum absolute atomic E-state index is 12.4. The molecule has 1 amide bonds. The van der Waals surface area contributed by atoms with Crippen molar-refractivity contribution < 1.29 is 9.90 Å². The van der Waals surface area contributed by atoms with Crippen molar-refractivity contribution in [2.75, 3.05) is 18.8 Å². The van der Waals surface area contributed by atoms with Crippen molar-refractivity contribution in [3.8, 4) is 5.75 Å². The largest absolute Gasteiger partial charge is 0.508 e. The lowest BCUT2D eigenvalue weighted by atomic mass is 10.1. The number of amides is 1. The highest BCUT2D eigenvalue weighted by molar-refractivity contribution is 5.80. The Morgan fingerprint density at radius 2 is 1.80 bits per heavy atom. The Morgan fingerprint density at radius 1 is 1.20 bits per heavy atom. The number of phenolic OH excluding ortho intramolecular Hbond substituents is 1. The molecule has 3 N–H and O–H groups in total. The van der Waals surface area contributed by atoms with Crippen molar-refractivity contribution in [2.24, 2.45) is 0 Å². The predicted octanol–water partition coefficient (Wildman–Crippen LogP) is 2.95. The Morgan fingerprint density at radius 3 is 2.35 bits per heavy atom. The van der Waals surface area contributed by atoms with E-state index in [0.29, 0.717) is 11.3 Å². The first-order valence-corrected chi connectivity index (χ1v) is 7.43.